The Morgan fingerprint density at radius 2 is 1.74 bits per heavy atom. The lowest BCUT2D eigenvalue weighted by Gasteiger charge is -2.26. The average molecular weight is 551 g/mol. The Labute approximate surface area is 230 Å². The number of morpholine rings is 1. The predicted octanol–water partition coefficient (Wildman–Crippen LogP) is 5.52. The first-order valence-corrected chi connectivity index (χ1v) is 13.6. The molecule has 0 saturated carbocycles. The highest BCUT2D eigenvalue weighted by molar-refractivity contribution is 7.20. The highest BCUT2D eigenvalue weighted by atomic mass is 32.1. The second kappa shape index (κ2) is 10.2. The van der Waals surface area contributed by atoms with Crippen molar-refractivity contribution in [2.45, 2.75) is 33.3 Å². The van der Waals surface area contributed by atoms with Crippen molar-refractivity contribution in [2.75, 3.05) is 26.3 Å². The van der Waals surface area contributed by atoms with E-state index in [0.29, 0.717) is 80.6 Å². The fourth-order valence-electron chi connectivity index (χ4n) is 4.85. The molecule has 4 aromatic rings. The topological polar surface area (TPSA) is 81.0 Å². The number of halogens is 1. The number of benzene rings is 2. The minimum atomic E-state index is -1.14. The predicted molar refractivity (Wildman–Crippen MR) is 150 cm³/mol. The van der Waals surface area contributed by atoms with Crippen molar-refractivity contribution in [3.63, 3.8) is 0 Å². The summed E-state index contributed by atoms with van der Waals surface area (Å²) in [4.78, 5) is 28.7. The summed E-state index contributed by atoms with van der Waals surface area (Å²) in [6, 6.07) is 9.99. The second-order valence-electron chi connectivity index (χ2n) is 10.5. The molecule has 1 N–H and O–H groups in total. The number of ether oxygens (including phenoxy) is 2. The first kappa shape index (κ1) is 27.1. The van der Waals surface area contributed by atoms with E-state index < -0.39 is 5.60 Å². The smallest absolute Gasteiger partial charge is 0.268 e. The Morgan fingerprint density at radius 1 is 1.08 bits per heavy atom. The number of hydrogen-bond acceptors (Lipinski definition) is 6. The lowest BCUT2D eigenvalue weighted by Crippen LogP contribution is -2.40. The van der Waals surface area contributed by atoms with Gasteiger partial charge in [0.25, 0.3) is 11.5 Å². The molecule has 0 radical (unpaired) electrons. The molecule has 1 aliphatic rings. The fourth-order valence-corrected chi connectivity index (χ4v) is 5.98. The van der Waals surface area contributed by atoms with Gasteiger partial charge >= 0.3 is 0 Å². The minimum absolute atomic E-state index is 0.133. The molecule has 9 heteroatoms. The number of aromatic nitrogens is 1. The Bertz CT molecular complexity index is 1620. The summed E-state index contributed by atoms with van der Waals surface area (Å²) in [5.74, 6) is 0.536. The van der Waals surface area contributed by atoms with Gasteiger partial charge in [-0.2, -0.15) is 0 Å². The summed E-state index contributed by atoms with van der Waals surface area (Å²) in [7, 11) is 1.67. The Hall–Kier alpha value is -3.53. The lowest BCUT2D eigenvalue weighted by atomic mass is 9.93. The Morgan fingerprint density at radius 3 is 2.38 bits per heavy atom. The molecule has 39 heavy (non-hydrogen) atoms. The van der Waals surface area contributed by atoms with Crippen molar-refractivity contribution in [3.8, 4) is 22.6 Å². The quantitative estimate of drug-likeness (QED) is 0.354. The van der Waals surface area contributed by atoms with Crippen molar-refractivity contribution in [2.24, 2.45) is 7.05 Å². The van der Waals surface area contributed by atoms with Crippen molar-refractivity contribution in [1.29, 1.82) is 0 Å². The maximum Gasteiger partial charge on any atom is 0.268 e. The number of carbonyl (C=O) groups excluding carboxylic acids is 1. The first-order valence-electron chi connectivity index (χ1n) is 12.8. The largest absolute Gasteiger partial charge is 0.456 e. The van der Waals surface area contributed by atoms with Crippen LogP contribution in [0, 0.1) is 19.7 Å². The third-order valence-electron chi connectivity index (χ3n) is 6.98. The molecule has 204 valence electrons. The van der Waals surface area contributed by atoms with Crippen LogP contribution in [-0.2, 0) is 17.4 Å². The van der Waals surface area contributed by atoms with E-state index in [1.165, 1.54) is 28.0 Å². The van der Waals surface area contributed by atoms with Gasteiger partial charge in [-0.1, -0.05) is 6.07 Å². The maximum absolute atomic E-state index is 14.0. The highest BCUT2D eigenvalue weighted by Gasteiger charge is 2.25. The SMILES string of the molecule is Cc1cc(F)cc(C)c1Oc1ccc(C(C)(C)O)cc1-c1cn(C)c(=O)c2sc(C(=O)N3CCOCC3)cc12. The van der Waals surface area contributed by atoms with Crippen molar-refractivity contribution in [1.82, 2.24) is 9.47 Å². The van der Waals surface area contributed by atoms with Crippen LogP contribution in [0.5, 0.6) is 11.5 Å². The molecule has 7 nitrogen and oxygen atoms in total. The van der Waals surface area contributed by atoms with Crippen molar-refractivity contribution in [3.05, 3.63) is 80.3 Å². The fraction of sp³-hybridized carbons (Fsp3) is 0.333. The van der Waals surface area contributed by atoms with Crippen LogP contribution in [0.2, 0.25) is 0 Å². The van der Waals surface area contributed by atoms with Gasteiger partial charge in [-0.25, -0.2) is 4.39 Å². The molecular weight excluding hydrogens is 519 g/mol. The molecule has 5 rings (SSSR count). The molecule has 0 atom stereocenters. The van der Waals surface area contributed by atoms with Gasteiger partial charge in [-0.15, -0.1) is 11.3 Å². The van der Waals surface area contributed by atoms with E-state index in [1.54, 1.807) is 64.0 Å². The summed E-state index contributed by atoms with van der Waals surface area (Å²) < 4.78 is 27.7. The molecule has 2 aromatic carbocycles. The van der Waals surface area contributed by atoms with E-state index in [1.807, 2.05) is 6.07 Å². The van der Waals surface area contributed by atoms with E-state index in [0.717, 1.165) is 0 Å². The van der Waals surface area contributed by atoms with Gasteiger partial charge in [0.1, 0.15) is 22.0 Å². The van der Waals surface area contributed by atoms with Crippen LogP contribution in [-0.4, -0.2) is 46.8 Å². The van der Waals surface area contributed by atoms with Gasteiger partial charge in [0, 0.05) is 42.8 Å². The first-order chi connectivity index (χ1) is 18.4. The van der Waals surface area contributed by atoms with Crippen LogP contribution in [0.3, 0.4) is 0 Å². The molecule has 2 aromatic heterocycles. The normalized spacial score (nSPS) is 14.2. The van der Waals surface area contributed by atoms with E-state index >= 15 is 0 Å². The number of aliphatic hydroxyl groups is 1. The van der Waals surface area contributed by atoms with Gasteiger partial charge in [0.2, 0.25) is 0 Å². The Kier molecular flexibility index (Phi) is 7.09. The van der Waals surface area contributed by atoms with E-state index in [9.17, 15) is 19.1 Å². The third-order valence-corrected chi connectivity index (χ3v) is 8.09. The van der Waals surface area contributed by atoms with Crippen molar-refractivity contribution >= 4 is 27.3 Å². The average Bonchev–Trinajstić information content (AvgIpc) is 3.34. The van der Waals surface area contributed by atoms with Crippen LogP contribution in [0.4, 0.5) is 4.39 Å². The number of carbonyl (C=O) groups is 1. The van der Waals surface area contributed by atoms with Crippen LogP contribution in [0.15, 0.2) is 47.4 Å². The molecule has 0 bridgehead atoms. The van der Waals surface area contributed by atoms with Gasteiger partial charge in [-0.05, 0) is 74.7 Å². The van der Waals surface area contributed by atoms with Gasteiger partial charge in [0.15, 0.2) is 0 Å². The van der Waals surface area contributed by atoms with Crippen LogP contribution < -0.4 is 10.3 Å². The zero-order chi connectivity index (χ0) is 28.1. The Balaban J connectivity index is 1.71. The van der Waals surface area contributed by atoms with Crippen molar-refractivity contribution < 1.29 is 23.8 Å². The summed E-state index contributed by atoms with van der Waals surface area (Å²) >= 11 is 1.18. The molecule has 1 saturated heterocycles. The van der Waals surface area contributed by atoms with Crippen LogP contribution in [0.1, 0.15) is 40.2 Å². The van der Waals surface area contributed by atoms with Crippen LogP contribution in [0.25, 0.3) is 21.2 Å². The standard InChI is InChI=1S/C30H31FN2O5S/c1-17-12-20(31)13-18(2)26(17)38-24-7-6-19(30(3,4)36)14-21(24)23-16-32(5)29(35)27-22(23)15-25(39-27)28(34)33-8-10-37-11-9-33/h6-7,12-16,36H,8-11H2,1-5H3. The molecule has 0 spiro atoms. The second-order valence-corrected chi connectivity index (χ2v) is 11.5. The number of aryl methyl sites for hydroxylation is 3. The summed E-state index contributed by atoms with van der Waals surface area (Å²) in [5.41, 5.74) is 1.92. The number of amides is 1. The molecule has 1 fully saturated rings. The van der Waals surface area contributed by atoms with E-state index in [4.69, 9.17) is 9.47 Å². The third kappa shape index (κ3) is 5.22. The zero-order valence-electron chi connectivity index (χ0n) is 22.6. The number of nitrogens with zero attached hydrogens (tertiary/aromatic N) is 2. The van der Waals surface area contributed by atoms with E-state index in [-0.39, 0.29) is 17.3 Å². The monoisotopic (exact) mass is 550 g/mol. The number of hydrogen-bond donors (Lipinski definition) is 1. The molecule has 1 aliphatic heterocycles. The summed E-state index contributed by atoms with van der Waals surface area (Å²) in [6.45, 7) is 8.92. The summed E-state index contributed by atoms with van der Waals surface area (Å²) in [5, 5.41) is 11.4. The number of fused-ring (bicyclic) bond motifs is 1. The minimum Gasteiger partial charge on any atom is -0.456 e. The van der Waals surface area contributed by atoms with Gasteiger partial charge in [-0.3, -0.25) is 9.59 Å². The maximum atomic E-state index is 14.0. The molecular formula is C30H31FN2O5S. The molecule has 0 unspecified atom stereocenters. The summed E-state index contributed by atoms with van der Waals surface area (Å²) in [6.07, 6.45) is 1.72. The molecule has 0 aliphatic carbocycles. The van der Waals surface area contributed by atoms with Gasteiger partial charge < -0.3 is 24.0 Å². The number of thiophene rings is 1. The van der Waals surface area contributed by atoms with Crippen LogP contribution >= 0.6 is 11.3 Å². The highest BCUT2D eigenvalue weighted by Crippen LogP contribution is 2.42. The molecule has 1 amide bonds. The molecule has 3 heterocycles. The van der Waals surface area contributed by atoms with E-state index in [2.05, 4.69) is 0 Å². The lowest BCUT2D eigenvalue weighted by molar-refractivity contribution is 0.0306. The zero-order valence-corrected chi connectivity index (χ0v) is 23.4. The number of pyridine rings is 1. The number of rotatable bonds is 5. The van der Waals surface area contributed by atoms with Gasteiger partial charge in [0.05, 0.1) is 23.7 Å².